The number of piperazine rings is 1. The smallest absolute Gasteiger partial charge is 0.261 e. The second kappa shape index (κ2) is 8.42. The van der Waals surface area contributed by atoms with Crippen LogP contribution in [0, 0.1) is 11.8 Å². The Kier molecular flexibility index (Phi) is 5.52. The lowest BCUT2D eigenvalue weighted by molar-refractivity contribution is 0.102. The molecule has 1 aliphatic carbocycles. The fraction of sp³-hybridized carbons (Fsp3) is 0.636. The molecule has 5 rings (SSSR count). The zero-order chi connectivity index (χ0) is 19.6. The highest BCUT2D eigenvalue weighted by Gasteiger charge is 2.24. The molecule has 0 unspecified atom stereocenters. The van der Waals surface area contributed by atoms with Crippen LogP contribution in [0.5, 0.6) is 0 Å². The first kappa shape index (κ1) is 19.0. The summed E-state index contributed by atoms with van der Waals surface area (Å²) >= 11 is 0. The Balaban J connectivity index is 1.22. The molecule has 3 aliphatic rings. The van der Waals surface area contributed by atoms with Crippen LogP contribution < -0.4 is 10.5 Å². The first-order valence-electron chi connectivity index (χ1n) is 10.9. The highest BCUT2D eigenvalue weighted by Crippen LogP contribution is 2.30. The van der Waals surface area contributed by atoms with Crippen molar-refractivity contribution >= 4 is 16.6 Å². The van der Waals surface area contributed by atoms with Gasteiger partial charge in [-0.3, -0.25) is 14.3 Å². The molecule has 0 amide bonds. The lowest BCUT2D eigenvalue weighted by Gasteiger charge is -2.37. The van der Waals surface area contributed by atoms with E-state index in [4.69, 9.17) is 9.47 Å². The average Bonchev–Trinajstić information content (AvgIpc) is 3.58. The topological polar surface area (TPSA) is 59.8 Å². The molecule has 0 atom stereocenters. The second-order valence-corrected chi connectivity index (χ2v) is 8.65. The molecule has 0 radical (unpaired) electrons. The van der Waals surface area contributed by atoms with Gasteiger partial charge in [0.15, 0.2) is 0 Å². The van der Waals surface area contributed by atoms with Crippen molar-refractivity contribution in [3.05, 3.63) is 34.9 Å². The molecular formula is C22H30N4O3. The third-order valence-corrected chi connectivity index (χ3v) is 6.29. The van der Waals surface area contributed by atoms with Gasteiger partial charge < -0.3 is 14.4 Å². The molecule has 2 saturated heterocycles. The van der Waals surface area contributed by atoms with Crippen LogP contribution in [0.1, 0.15) is 12.8 Å². The summed E-state index contributed by atoms with van der Waals surface area (Å²) in [7, 11) is 0. The van der Waals surface area contributed by atoms with Gasteiger partial charge in [0, 0.05) is 50.9 Å². The fourth-order valence-electron chi connectivity index (χ4n) is 4.38. The molecule has 7 nitrogen and oxygen atoms in total. The van der Waals surface area contributed by atoms with E-state index in [0.29, 0.717) is 25.0 Å². The monoisotopic (exact) mass is 398 g/mol. The van der Waals surface area contributed by atoms with E-state index in [1.165, 1.54) is 12.8 Å². The Morgan fingerprint density at radius 2 is 1.72 bits per heavy atom. The number of fused-ring (bicyclic) bond motifs is 1. The maximum absolute atomic E-state index is 12.7. The molecule has 1 saturated carbocycles. The van der Waals surface area contributed by atoms with E-state index in [-0.39, 0.29) is 5.56 Å². The van der Waals surface area contributed by atoms with Crippen molar-refractivity contribution in [2.75, 3.05) is 64.1 Å². The average molecular weight is 399 g/mol. The quantitative estimate of drug-likeness (QED) is 0.762. The third-order valence-electron chi connectivity index (χ3n) is 6.29. The zero-order valence-electron chi connectivity index (χ0n) is 17.0. The molecule has 7 heteroatoms. The Hall–Kier alpha value is -1.96. The summed E-state index contributed by atoms with van der Waals surface area (Å²) in [4.78, 5) is 22.2. The minimum absolute atomic E-state index is 0.0890. The molecule has 0 bridgehead atoms. The molecule has 1 aromatic heterocycles. The van der Waals surface area contributed by atoms with Crippen molar-refractivity contribution in [3.63, 3.8) is 0 Å². The van der Waals surface area contributed by atoms with Crippen molar-refractivity contribution < 1.29 is 9.47 Å². The lowest BCUT2D eigenvalue weighted by Crippen LogP contribution is -2.48. The van der Waals surface area contributed by atoms with E-state index in [1.54, 1.807) is 10.9 Å². The zero-order valence-corrected chi connectivity index (χ0v) is 17.0. The molecule has 2 aromatic rings. The second-order valence-electron chi connectivity index (χ2n) is 8.65. The number of hydrogen-bond donors (Lipinski definition) is 0. The highest BCUT2D eigenvalue weighted by molar-refractivity contribution is 5.81. The molecule has 3 heterocycles. The molecule has 29 heavy (non-hydrogen) atoms. The summed E-state index contributed by atoms with van der Waals surface area (Å²) in [6, 6.07) is 6.10. The Labute approximate surface area is 171 Å². The van der Waals surface area contributed by atoms with Gasteiger partial charge in [0.05, 0.1) is 43.7 Å². The van der Waals surface area contributed by atoms with E-state index in [0.717, 1.165) is 69.1 Å². The van der Waals surface area contributed by atoms with Crippen molar-refractivity contribution in [2.24, 2.45) is 11.8 Å². The van der Waals surface area contributed by atoms with Crippen LogP contribution in [0.15, 0.2) is 29.3 Å². The predicted octanol–water partition coefficient (Wildman–Crippen LogP) is 1.59. The van der Waals surface area contributed by atoms with Crippen molar-refractivity contribution in [2.45, 2.75) is 19.4 Å². The lowest BCUT2D eigenvalue weighted by atomic mass is 10.1. The van der Waals surface area contributed by atoms with Crippen LogP contribution in [-0.2, 0) is 16.0 Å². The number of ether oxygens (including phenoxy) is 2. The standard InChI is InChI=1S/C22H30N4O3/c27-22-20-4-3-19(11-21(20)23-16-26(22)13-17-1-2-17)25-7-5-24(6-8-25)12-18-14-28-9-10-29-15-18/h3-4,11,16-18H,1-2,5-10,12-15H2. The molecule has 2 aliphatic heterocycles. The van der Waals surface area contributed by atoms with Crippen molar-refractivity contribution in [3.8, 4) is 0 Å². The van der Waals surface area contributed by atoms with Gasteiger partial charge in [0.1, 0.15) is 0 Å². The Morgan fingerprint density at radius 3 is 2.45 bits per heavy atom. The Morgan fingerprint density at radius 1 is 0.966 bits per heavy atom. The molecule has 3 fully saturated rings. The van der Waals surface area contributed by atoms with Gasteiger partial charge in [0.2, 0.25) is 0 Å². The van der Waals surface area contributed by atoms with Gasteiger partial charge in [-0.2, -0.15) is 0 Å². The number of benzene rings is 1. The van der Waals surface area contributed by atoms with Crippen molar-refractivity contribution in [1.82, 2.24) is 14.5 Å². The van der Waals surface area contributed by atoms with E-state index >= 15 is 0 Å². The third kappa shape index (κ3) is 4.47. The number of aromatic nitrogens is 2. The van der Waals surface area contributed by atoms with Gasteiger partial charge in [-0.15, -0.1) is 0 Å². The molecule has 0 N–H and O–H groups in total. The van der Waals surface area contributed by atoms with E-state index in [2.05, 4.69) is 26.9 Å². The highest BCUT2D eigenvalue weighted by atomic mass is 16.5. The summed E-state index contributed by atoms with van der Waals surface area (Å²) in [5, 5.41) is 0.726. The van der Waals surface area contributed by atoms with Gasteiger partial charge in [-0.25, -0.2) is 4.98 Å². The van der Waals surface area contributed by atoms with E-state index < -0.39 is 0 Å². The van der Waals surface area contributed by atoms with Gasteiger partial charge in [-0.05, 0) is 37.0 Å². The molecule has 156 valence electrons. The van der Waals surface area contributed by atoms with Crippen LogP contribution >= 0.6 is 0 Å². The van der Waals surface area contributed by atoms with Crippen LogP contribution in [-0.4, -0.2) is 73.6 Å². The van der Waals surface area contributed by atoms with Crippen LogP contribution in [0.4, 0.5) is 5.69 Å². The minimum Gasteiger partial charge on any atom is -0.379 e. The number of anilines is 1. The van der Waals surface area contributed by atoms with Gasteiger partial charge in [-0.1, -0.05) is 0 Å². The van der Waals surface area contributed by atoms with Crippen LogP contribution in [0.2, 0.25) is 0 Å². The summed E-state index contributed by atoms with van der Waals surface area (Å²) in [5.74, 6) is 1.13. The maximum Gasteiger partial charge on any atom is 0.261 e. The summed E-state index contributed by atoms with van der Waals surface area (Å²) in [5.41, 5.74) is 2.05. The fourth-order valence-corrected chi connectivity index (χ4v) is 4.38. The van der Waals surface area contributed by atoms with Crippen LogP contribution in [0.25, 0.3) is 10.9 Å². The normalized spacial score (nSPS) is 22.1. The first-order valence-corrected chi connectivity index (χ1v) is 10.9. The largest absolute Gasteiger partial charge is 0.379 e. The number of nitrogens with zero attached hydrogens (tertiary/aromatic N) is 4. The van der Waals surface area contributed by atoms with Crippen LogP contribution in [0.3, 0.4) is 0 Å². The predicted molar refractivity (Wildman–Crippen MR) is 113 cm³/mol. The maximum atomic E-state index is 12.7. The molecular weight excluding hydrogens is 368 g/mol. The first-order chi connectivity index (χ1) is 14.3. The Bertz CT molecular complexity index is 895. The SMILES string of the molecule is O=c1c2ccc(N3CCN(CC4COCCOC4)CC3)cc2ncn1CC1CC1. The molecule has 0 spiro atoms. The minimum atomic E-state index is 0.0890. The van der Waals surface area contributed by atoms with Crippen molar-refractivity contribution in [1.29, 1.82) is 0 Å². The van der Waals surface area contributed by atoms with E-state index in [1.807, 2.05) is 6.07 Å². The number of rotatable bonds is 5. The van der Waals surface area contributed by atoms with Gasteiger partial charge >= 0.3 is 0 Å². The summed E-state index contributed by atoms with van der Waals surface area (Å²) < 4.78 is 13.0. The van der Waals surface area contributed by atoms with E-state index in [9.17, 15) is 4.79 Å². The number of hydrogen-bond acceptors (Lipinski definition) is 6. The van der Waals surface area contributed by atoms with Gasteiger partial charge in [0.25, 0.3) is 5.56 Å². The molecule has 1 aromatic carbocycles. The summed E-state index contributed by atoms with van der Waals surface area (Å²) in [6.07, 6.45) is 4.19. The summed E-state index contributed by atoms with van der Waals surface area (Å²) in [6.45, 7) is 8.91.